The van der Waals surface area contributed by atoms with Gasteiger partial charge >= 0.3 is 5.97 Å². The number of carbonyl (C=O) groups is 2. The molecule has 0 saturated carbocycles. The molecule has 1 saturated heterocycles. The first-order valence-electron chi connectivity index (χ1n) is 15.0. The Bertz CT molecular complexity index is 1570. The molecule has 1 fully saturated rings. The maximum absolute atomic E-state index is 12.1. The zero-order valence-electron chi connectivity index (χ0n) is 25.4. The van der Waals surface area contributed by atoms with Crippen LogP contribution in [0.25, 0.3) is 10.8 Å². The summed E-state index contributed by atoms with van der Waals surface area (Å²) in [5, 5.41) is 23.6. The van der Waals surface area contributed by atoms with Crippen molar-refractivity contribution in [3.8, 4) is 0 Å². The summed E-state index contributed by atoms with van der Waals surface area (Å²) in [7, 11) is 2.12. The monoisotopic (exact) mass is 596 g/mol. The first-order chi connectivity index (χ1) is 21.2. The van der Waals surface area contributed by atoms with Gasteiger partial charge in [0.05, 0.1) is 25.2 Å². The Balaban J connectivity index is 1.35. The second-order valence-corrected chi connectivity index (χ2v) is 11.6. The van der Waals surface area contributed by atoms with Crippen LogP contribution in [0.15, 0.2) is 91.0 Å². The zero-order valence-corrected chi connectivity index (χ0v) is 25.4. The highest BCUT2D eigenvalue weighted by Crippen LogP contribution is 2.42. The Morgan fingerprint density at radius 1 is 0.886 bits per heavy atom. The number of nitrogens with one attached hydrogen (secondary N) is 1. The number of rotatable bonds is 11. The van der Waals surface area contributed by atoms with Crippen molar-refractivity contribution in [1.29, 1.82) is 0 Å². The molecule has 0 unspecified atom stereocenters. The molecule has 0 spiro atoms. The van der Waals surface area contributed by atoms with Gasteiger partial charge in [-0.25, -0.2) is 0 Å². The molecule has 1 amide bonds. The fourth-order valence-electron chi connectivity index (χ4n) is 5.66. The summed E-state index contributed by atoms with van der Waals surface area (Å²) in [4.78, 5) is 25.2. The molecule has 0 aliphatic carbocycles. The van der Waals surface area contributed by atoms with Gasteiger partial charge in [0, 0.05) is 36.2 Å². The topological polar surface area (TPSA) is 108 Å². The molecule has 5 rings (SSSR count). The fourth-order valence-corrected chi connectivity index (χ4v) is 5.66. The number of ether oxygens (including phenoxy) is 2. The van der Waals surface area contributed by atoms with E-state index in [0.717, 1.165) is 16.7 Å². The third-order valence-electron chi connectivity index (χ3n) is 8.54. The summed E-state index contributed by atoms with van der Waals surface area (Å²) in [6, 6.07) is 30.2. The van der Waals surface area contributed by atoms with Crippen molar-refractivity contribution in [3.63, 3.8) is 0 Å². The quantitative estimate of drug-likeness (QED) is 0.179. The number of carboxylic acids is 1. The van der Waals surface area contributed by atoms with Crippen LogP contribution < -0.4 is 5.32 Å². The Labute approximate surface area is 258 Å². The van der Waals surface area contributed by atoms with Gasteiger partial charge in [-0.15, -0.1) is 0 Å². The van der Waals surface area contributed by atoms with Gasteiger partial charge in [0.1, 0.15) is 0 Å². The number of hydrogen-bond donors (Lipinski definition) is 3. The number of likely N-dealkylation sites (N-methyl/N-ethyl adjacent to an activating group) is 1. The minimum absolute atomic E-state index is 0.0215. The molecule has 4 aromatic rings. The van der Waals surface area contributed by atoms with Crippen molar-refractivity contribution in [1.82, 2.24) is 4.90 Å². The highest BCUT2D eigenvalue weighted by molar-refractivity contribution is 5.92. The average Bonchev–Trinajstić information content (AvgIpc) is 3.04. The number of nitrogens with zero attached hydrogens (tertiary/aromatic N) is 1. The van der Waals surface area contributed by atoms with Gasteiger partial charge in [-0.1, -0.05) is 79.7 Å². The number of carbonyl (C=O) groups excluding carboxylic acids is 1. The predicted molar refractivity (Wildman–Crippen MR) is 170 cm³/mol. The van der Waals surface area contributed by atoms with Crippen LogP contribution in [0.1, 0.15) is 67.4 Å². The van der Waals surface area contributed by atoms with Gasteiger partial charge in [-0.3, -0.25) is 14.5 Å². The van der Waals surface area contributed by atoms with Gasteiger partial charge in [-0.05, 0) is 59.6 Å². The number of hydrogen-bond acceptors (Lipinski definition) is 6. The van der Waals surface area contributed by atoms with Gasteiger partial charge in [0.2, 0.25) is 5.91 Å². The Hall–Kier alpha value is -4.08. The van der Waals surface area contributed by atoms with E-state index in [9.17, 15) is 14.7 Å². The normalized spacial score (nSPS) is 20.8. The van der Waals surface area contributed by atoms with Crippen LogP contribution >= 0.6 is 0 Å². The van der Waals surface area contributed by atoms with Crippen LogP contribution in [0, 0.1) is 5.92 Å². The summed E-state index contributed by atoms with van der Waals surface area (Å²) in [5.74, 6) is -1.33. The van der Waals surface area contributed by atoms with E-state index in [0.29, 0.717) is 12.2 Å². The number of aliphatic hydroxyl groups is 1. The predicted octanol–water partition coefficient (Wildman–Crippen LogP) is 6.62. The highest BCUT2D eigenvalue weighted by Gasteiger charge is 2.39. The smallest absolute Gasteiger partial charge is 0.303 e. The van der Waals surface area contributed by atoms with Crippen LogP contribution in [-0.2, 0) is 25.7 Å². The van der Waals surface area contributed by atoms with Crippen LogP contribution in [0.2, 0.25) is 0 Å². The molecular weight excluding hydrogens is 556 g/mol. The summed E-state index contributed by atoms with van der Waals surface area (Å²) in [6.45, 7) is 5.01. The number of carboxylic acid groups (broad SMARTS) is 1. The van der Waals surface area contributed by atoms with Crippen molar-refractivity contribution in [2.75, 3.05) is 18.9 Å². The van der Waals surface area contributed by atoms with E-state index < -0.39 is 12.3 Å². The summed E-state index contributed by atoms with van der Waals surface area (Å²) >= 11 is 0. The molecular formula is C36H40N2O6. The third kappa shape index (κ3) is 7.52. The molecule has 4 aromatic carbocycles. The molecule has 0 bridgehead atoms. The molecule has 1 aliphatic rings. The standard InChI is InChI=1S/C36H40N2O6/c1-23-32(21-38(3)24(2)29-13-12-26-6-4-5-7-30(26)20-29)43-36(44-35(23)27-10-8-25(22-39)9-11-27)28-14-16-31(17-15-28)37-33(40)18-19-34(41)42/h4-17,20,23-24,32,35-36,39H,18-19,21-22H2,1-3H3,(H,37,40)(H,41,42)/t23-,24+,32+,35+,36+/m0/s1. The van der Waals surface area contributed by atoms with E-state index in [-0.39, 0.29) is 49.5 Å². The zero-order chi connectivity index (χ0) is 31.2. The van der Waals surface area contributed by atoms with E-state index in [2.05, 4.69) is 73.6 Å². The van der Waals surface area contributed by atoms with Crippen LogP contribution in [0.3, 0.4) is 0 Å². The van der Waals surface area contributed by atoms with Crippen molar-refractivity contribution < 1.29 is 29.3 Å². The van der Waals surface area contributed by atoms with Gasteiger partial charge < -0.3 is 25.0 Å². The van der Waals surface area contributed by atoms with E-state index in [1.54, 1.807) is 12.1 Å². The molecule has 8 nitrogen and oxygen atoms in total. The number of fused-ring (bicyclic) bond motifs is 1. The van der Waals surface area contributed by atoms with E-state index in [1.807, 2.05) is 36.4 Å². The van der Waals surface area contributed by atoms with E-state index in [4.69, 9.17) is 14.6 Å². The highest BCUT2D eigenvalue weighted by atomic mass is 16.7. The maximum Gasteiger partial charge on any atom is 0.303 e. The van der Waals surface area contributed by atoms with Crippen molar-refractivity contribution in [2.24, 2.45) is 5.92 Å². The molecule has 44 heavy (non-hydrogen) atoms. The second-order valence-electron chi connectivity index (χ2n) is 11.6. The fraction of sp³-hybridized carbons (Fsp3) is 0.333. The summed E-state index contributed by atoms with van der Waals surface area (Å²) in [6.07, 6.45) is -1.35. The lowest BCUT2D eigenvalue weighted by Crippen LogP contribution is -2.44. The van der Waals surface area contributed by atoms with Gasteiger partial charge in [0.15, 0.2) is 6.29 Å². The van der Waals surface area contributed by atoms with Crippen molar-refractivity contribution in [2.45, 2.75) is 57.8 Å². The first-order valence-corrected chi connectivity index (χ1v) is 15.0. The lowest BCUT2D eigenvalue weighted by molar-refractivity contribution is -0.276. The second kappa shape index (κ2) is 14.1. The maximum atomic E-state index is 12.1. The Kier molecular flexibility index (Phi) is 10.1. The molecule has 0 aromatic heterocycles. The average molecular weight is 597 g/mol. The lowest BCUT2D eigenvalue weighted by Gasteiger charge is -2.43. The lowest BCUT2D eigenvalue weighted by atomic mass is 9.89. The molecule has 3 N–H and O–H groups in total. The SMILES string of the molecule is C[C@H]1[C@@H](CN(C)[C@H](C)c2ccc3ccccc3c2)O[C@@H](c2ccc(NC(=O)CCC(=O)O)cc2)O[C@H]1c1ccc(CO)cc1. The molecule has 5 atom stereocenters. The van der Waals surface area contributed by atoms with Gasteiger partial charge in [-0.2, -0.15) is 0 Å². The number of aliphatic hydroxyl groups excluding tert-OH is 1. The van der Waals surface area contributed by atoms with Gasteiger partial charge in [0.25, 0.3) is 0 Å². The molecule has 1 aliphatic heterocycles. The van der Waals surface area contributed by atoms with Crippen LogP contribution in [0.4, 0.5) is 5.69 Å². The van der Waals surface area contributed by atoms with Crippen molar-refractivity contribution >= 4 is 28.3 Å². The number of anilines is 1. The molecule has 8 heteroatoms. The molecule has 0 radical (unpaired) electrons. The summed E-state index contributed by atoms with van der Waals surface area (Å²) in [5.41, 5.74) is 4.48. The van der Waals surface area contributed by atoms with Crippen LogP contribution in [-0.4, -0.2) is 46.7 Å². The molecule has 230 valence electrons. The number of amides is 1. The van der Waals surface area contributed by atoms with Crippen molar-refractivity contribution in [3.05, 3.63) is 113 Å². The minimum atomic E-state index is -1.01. The first kappa shape index (κ1) is 31.3. The summed E-state index contributed by atoms with van der Waals surface area (Å²) < 4.78 is 13.2. The third-order valence-corrected chi connectivity index (χ3v) is 8.54. The van der Waals surface area contributed by atoms with Crippen LogP contribution in [0.5, 0.6) is 0 Å². The Morgan fingerprint density at radius 3 is 2.25 bits per heavy atom. The largest absolute Gasteiger partial charge is 0.481 e. The van der Waals surface area contributed by atoms with E-state index in [1.165, 1.54) is 16.3 Å². The number of aliphatic carboxylic acids is 1. The molecule has 1 heterocycles. The van der Waals surface area contributed by atoms with E-state index >= 15 is 0 Å². The Morgan fingerprint density at radius 2 is 1.57 bits per heavy atom. The number of benzene rings is 4. The minimum Gasteiger partial charge on any atom is -0.481 e.